The number of carbonyl (C=O) groups is 1. The number of rotatable bonds is 8. The van der Waals surface area contributed by atoms with Crippen molar-refractivity contribution < 1.29 is 18.7 Å². The quantitative estimate of drug-likeness (QED) is 0.495. The van der Waals surface area contributed by atoms with Gasteiger partial charge in [0.05, 0.1) is 0 Å². The topological polar surface area (TPSA) is 108 Å². The Labute approximate surface area is 204 Å². The number of ether oxygens (including phenoxy) is 2. The molecule has 1 saturated heterocycles. The van der Waals surface area contributed by atoms with E-state index in [0.717, 1.165) is 24.3 Å². The summed E-state index contributed by atoms with van der Waals surface area (Å²) in [5.41, 5.74) is 6.34. The van der Waals surface area contributed by atoms with Crippen LogP contribution < -0.4 is 20.5 Å². The van der Waals surface area contributed by atoms with E-state index in [9.17, 15) is 9.18 Å². The van der Waals surface area contributed by atoms with E-state index >= 15 is 0 Å². The lowest BCUT2D eigenvalue weighted by Crippen LogP contribution is -2.25. The lowest BCUT2D eigenvalue weighted by atomic mass is 10.1. The van der Waals surface area contributed by atoms with E-state index in [1.165, 1.54) is 18.9 Å². The third-order valence-electron chi connectivity index (χ3n) is 5.40. The van der Waals surface area contributed by atoms with Crippen LogP contribution in [0.1, 0.15) is 44.0 Å². The number of nitrogen functional groups attached to an aromatic ring is 1. The number of hydrogen-bond acceptors (Lipinski definition) is 8. The molecule has 1 fully saturated rings. The minimum Gasteiger partial charge on any atom is -0.489 e. The predicted molar refractivity (Wildman–Crippen MR) is 132 cm³/mol. The zero-order valence-corrected chi connectivity index (χ0v) is 20.3. The average molecular weight is 483 g/mol. The molecular weight excluding hydrogens is 451 g/mol. The van der Waals surface area contributed by atoms with Gasteiger partial charge in [-0.25, -0.2) is 4.39 Å². The lowest BCUT2D eigenvalue weighted by molar-refractivity contribution is 0.0948. The van der Waals surface area contributed by atoms with Gasteiger partial charge in [0.25, 0.3) is 5.91 Å². The first kappa shape index (κ1) is 24.5. The predicted octanol–water partition coefficient (Wildman–Crippen LogP) is 4.08. The molecule has 0 saturated carbocycles. The molecule has 2 heterocycles. The van der Waals surface area contributed by atoms with Crippen LogP contribution in [0, 0.1) is 5.82 Å². The minimum atomic E-state index is -0.502. The normalized spacial score (nSPS) is 14.2. The highest BCUT2D eigenvalue weighted by atomic mass is 19.1. The highest BCUT2D eigenvalue weighted by Crippen LogP contribution is 2.24. The second-order valence-corrected chi connectivity index (χ2v) is 9.42. The molecule has 0 amide bonds. The van der Waals surface area contributed by atoms with Crippen LogP contribution in [0.2, 0.25) is 0 Å². The summed E-state index contributed by atoms with van der Waals surface area (Å²) in [6.45, 7) is 9.17. The molecule has 1 aliphatic rings. The summed E-state index contributed by atoms with van der Waals surface area (Å²) in [7, 11) is 0. The second kappa shape index (κ2) is 10.3. The highest BCUT2D eigenvalue weighted by molar-refractivity contribution is 5.97. The maximum atomic E-state index is 14.5. The Morgan fingerprint density at radius 3 is 2.51 bits per heavy atom. The van der Waals surface area contributed by atoms with E-state index in [4.69, 9.17) is 15.2 Å². The summed E-state index contributed by atoms with van der Waals surface area (Å²) in [4.78, 5) is 19.2. The number of nitrogens with zero attached hydrogens (tertiary/aromatic N) is 4. The molecule has 2 aromatic carbocycles. The zero-order valence-electron chi connectivity index (χ0n) is 20.3. The summed E-state index contributed by atoms with van der Waals surface area (Å²) in [6.07, 6.45) is 2.40. The molecule has 10 heteroatoms. The van der Waals surface area contributed by atoms with Crippen molar-refractivity contribution in [3.05, 3.63) is 53.8 Å². The smallest absolute Gasteiger partial charge is 0.281 e. The fourth-order valence-corrected chi connectivity index (χ4v) is 3.78. The molecule has 186 valence electrons. The van der Waals surface area contributed by atoms with Crippen molar-refractivity contribution in [1.29, 1.82) is 0 Å². The number of carbonyl (C=O) groups excluding carboxylic acids is 1. The van der Waals surface area contributed by atoms with Crippen LogP contribution in [0.5, 0.6) is 11.5 Å². The summed E-state index contributed by atoms with van der Waals surface area (Å²) in [6, 6.07) is 11.2. The van der Waals surface area contributed by atoms with Gasteiger partial charge >= 0.3 is 0 Å². The number of benzene rings is 2. The minimum absolute atomic E-state index is 0.0747. The van der Waals surface area contributed by atoms with Crippen LogP contribution in [0.4, 0.5) is 22.0 Å². The van der Waals surface area contributed by atoms with Crippen LogP contribution in [-0.4, -0.2) is 57.4 Å². The Morgan fingerprint density at radius 2 is 1.86 bits per heavy atom. The number of likely N-dealkylation sites (tertiary alicyclic amines) is 1. The Hall–Kier alpha value is -3.66. The van der Waals surface area contributed by atoms with Crippen LogP contribution >= 0.6 is 0 Å². The molecule has 4 rings (SSSR count). The molecule has 0 aliphatic carbocycles. The van der Waals surface area contributed by atoms with Crippen molar-refractivity contribution in [3.63, 3.8) is 0 Å². The first-order chi connectivity index (χ1) is 16.7. The van der Waals surface area contributed by atoms with Gasteiger partial charge in [0.2, 0.25) is 11.9 Å². The molecule has 0 spiro atoms. The average Bonchev–Trinajstić information content (AvgIpc) is 3.44. The Bertz CT molecular complexity index is 1170. The van der Waals surface area contributed by atoms with Gasteiger partial charge in [-0.05, 0) is 83.1 Å². The van der Waals surface area contributed by atoms with E-state index in [0.29, 0.717) is 23.6 Å². The fraction of sp³-hybridized carbons (Fsp3) is 0.400. The maximum absolute atomic E-state index is 14.5. The molecule has 3 N–H and O–H groups in total. The van der Waals surface area contributed by atoms with Crippen LogP contribution in [-0.2, 0) is 0 Å². The van der Waals surface area contributed by atoms with Crippen LogP contribution in [0.25, 0.3) is 0 Å². The third kappa shape index (κ3) is 6.48. The molecule has 3 aromatic rings. The maximum Gasteiger partial charge on any atom is 0.281 e. The van der Waals surface area contributed by atoms with Gasteiger partial charge in [0, 0.05) is 23.9 Å². The van der Waals surface area contributed by atoms with Crippen molar-refractivity contribution in [2.24, 2.45) is 0 Å². The van der Waals surface area contributed by atoms with Crippen LogP contribution in [0.3, 0.4) is 0 Å². The largest absolute Gasteiger partial charge is 0.489 e. The Morgan fingerprint density at radius 1 is 1.14 bits per heavy atom. The van der Waals surface area contributed by atoms with E-state index in [2.05, 4.69) is 20.3 Å². The van der Waals surface area contributed by atoms with Gasteiger partial charge in [0.15, 0.2) is 11.6 Å². The number of hydrogen-bond donors (Lipinski definition) is 2. The number of nitrogens with one attached hydrogen (secondary N) is 1. The zero-order chi connectivity index (χ0) is 25.0. The van der Waals surface area contributed by atoms with Crippen molar-refractivity contribution in [3.8, 4) is 11.5 Å². The monoisotopic (exact) mass is 482 g/mol. The van der Waals surface area contributed by atoms with Gasteiger partial charge < -0.3 is 20.5 Å². The molecule has 1 aromatic heterocycles. The molecule has 0 bridgehead atoms. The fourth-order valence-electron chi connectivity index (χ4n) is 3.78. The molecule has 9 nitrogen and oxygen atoms in total. The van der Waals surface area contributed by atoms with Gasteiger partial charge in [0.1, 0.15) is 18.0 Å². The first-order valence-electron chi connectivity index (χ1n) is 11.7. The molecule has 1 aliphatic heterocycles. The molecule has 35 heavy (non-hydrogen) atoms. The van der Waals surface area contributed by atoms with Gasteiger partial charge in [-0.3, -0.25) is 9.69 Å². The number of nitrogens with two attached hydrogens (primary N) is 1. The van der Waals surface area contributed by atoms with Crippen molar-refractivity contribution in [2.75, 3.05) is 37.3 Å². The van der Waals surface area contributed by atoms with Gasteiger partial charge in [-0.1, -0.05) is 0 Å². The summed E-state index contributed by atoms with van der Waals surface area (Å²) < 4.78 is 26.9. The van der Waals surface area contributed by atoms with E-state index < -0.39 is 11.7 Å². The third-order valence-corrected chi connectivity index (χ3v) is 5.40. The highest BCUT2D eigenvalue weighted by Gasteiger charge is 2.18. The van der Waals surface area contributed by atoms with E-state index in [-0.39, 0.29) is 23.2 Å². The first-order valence-corrected chi connectivity index (χ1v) is 11.7. The van der Waals surface area contributed by atoms with Gasteiger partial charge in [-0.2, -0.15) is 9.67 Å². The SMILES string of the molecule is CC(C)(C)Oc1ccc(C(=O)n2nc(Nc3ccc(OCCN4CCCC4)c(F)c3)nc2N)cc1. The Kier molecular flexibility index (Phi) is 7.20. The van der Waals surface area contributed by atoms with Crippen molar-refractivity contribution >= 4 is 23.5 Å². The number of aromatic nitrogens is 3. The number of anilines is 3. The van der Waals surface area contributed by atoms with E-state index in [1.807, 2.05) is 20.8 Å². The van der Waals surface area contributed by atoms with Crippen molar-refractivity contribution in [2.45, 2.75) is 39.2 Å². The Balaban J connectivity index is 1.38. The molecule has 0 radical (unpaired) electrons. The summed E-state index contributed by atoms with van der Waals surface area (Å²) in [5, 5.41) is 7.01. The summed E-state index contributed by atoms with van der Waals surface area (Å²) >= 11 is 0. The van der Waals surface area contributed by atoms with Gasteiger partial charge in [-0.15, -0.1) is 5.10 Å². The molecule has 0 atom stereocenters. The molecule has 0 unspecified atom stereocenters. The second-order valence-electron chi connectivity index (χ2n) is 9.42. The summed E-state index contributed by atoms with van der Waals surface area (Å²) in [5.74, 6) is -0.133. The lowest BCUT2D eigenvalue weighted by Gasteiger charge is -2.21. The standard InChI is InChI=1S/C25H31FN6O3/c1-25(2,3)35-19-9-6-17(7-10-19)22(33)32-23(27)29-24(30-32)28-18-8-11-21(20(26)16-18)34-15-14-31-12-4-5-13-31/h6-11,16H,4-5,12-15H2,1-3H3,(H3,27,28,29,30). The van der Waals surface area contributed by atoms with Crippen LogP contribution in [0.15, 0.2) is 42.5 Å². The van der Waals surface area contributed by atoms with E-state index in [1.54, 1.807) is 36.4 Å². The number of halogens is 1. The van der Waals surface area contributed by atoms with Crippen molar-refractivity contribution in [1.82, 2.24) is 19.7 Å². The molecular formula is C25H31FN6O3.